The van der Waals surface area contributed by atoms with Crippen LogP contribution in [0.2, 0.25) is 0 Å². The van der Waals surface area contributed by atoms with Crippen LogP contribution in [-0.2, 0) is 77.0 Å². The molecule has 32 heteroatoms. The molecular weight excluding hydrogens is 1370 g/mol. The predicted molar refractivity (Wildman–Crippen MR) is 381 cm³/mol. The molecule has 11 amide bonds. The van der Waals surface area contributed by atoms with Crippen molar-refractivity contribution in [3.05, 3.63) is 29.0 Å². The van der Waals surface area contributed by atoms with E-state index in [9.17, 15) is 58.2 Å². The van der Waals surface area contributed by atoms with Crippen molar-refractivity contribution in [1.29, 1.82) is 0 Å². The summed E-state index contributed by atoms with van der Waals surface area (Å²) in [6.07, 6.45) is 2.30. The van der Waals surface area contributed by atoms with Crippen LogP contribution < -0.4 is 32.7 Å². The zero-order valence-electron chi connectivity index (χ0n) is 65.1. The molecular formula is C70H123N15O16Zn. The molecule has 3 rings (SSSR count). The minimum Gasteiger partial charge on any atom is -0.394 e. The fourth-order valence-electron chi connectivity index (χ4n) is 12.3. The van der Waals surface area contributed by atoms with Crippen LogP contribution in [0.5, 0.6) is 0 Å². The third-order valence-electron chi connectivity index (χ3n) is 18.5. The molecule has 31 nitrogen and oxygen atoms in total. The number of amides is 11. The van der Waals surface area contributed by atoms with Gasteiger partial charge >= 0.3 is 5.69 Å². The summed E-state index contributed by atoms with van der Waals surface area (Å²) in [6.45, 7) is 29.0. The molecule has 2 aliphatic heterocycles. The van der Waals surface area contributed by atoms with Gasteiger partial charge in [-0.05, 0) is 101 Å². The molecule has 0 unspecified atom stereocenters. The molecule has 102 heavy (non-hydrogen) atoms. The Bertz CT molecular complexity index is 3060. The van der Waals surface area contributed by atoms with E-state index in [4.69, 9.17) is 15.6 Å². The second kappa shape index (κ2) is 42.7. The second-order valence-electron chi connectivity index (χ2n) is 29.6. The topological polar surface area (TPSA) is 402 Å². The number of nitrogens with two attached hydrogens (primary N) is 1. The second-order valence-corrected chi connectivity index (χ2v) is 29.6. The van der Waals surface area contributed by atoms with Crippen molar-refractivity contribution in [3.8, 4) is 0 Å². The standard InChI is InChI=1S/C62H111N11O12.C8H12N4O4.Zn/c1-25-27-28-40(15)52(75)51-56(79)65-43(26-2)58(81)67(18)33-48(74)68(19)44(29-34(3)4)55(78)66-49(38(11)12)61(84)69(20)45(30-35(5)6)54(77)63-41(16)53(76)64-42(17)57(80)70(21)46(31-36(7)8)59(82)71(22)47(32-37(9)10)60(83)72(23)50(39(13)14)62(85)73(51)24;9-7-10-3-12(8(15)11-7)6-1-4(14)5(2-13)16-6;/h25,27,34-47,49-52,75H,26,28-33H2,1-24H3,(H,63,77)(H,64,76)(H,65,79)(H,66,78);3-6,13-14H,1-2H2,(H2,9,11,15);/b27-25+;;/t40-,41+,42-,43+,44+,45+,46+,47+,49+,50+,51+,52-;4-,5+,6+;/m10./s1. The Kier molecular flexibility index (Phi) is 38.9. The maximum Gasteiger partial charge on any atom is 0.354 e. The number of nitrogens with zero attached hydrogens (tertiary/aromatic N) is 10. The number of hydrogen-bond donors (Lipinski definition) is 8. The number of nitrogens with one attached hydrogen (secondary N) is 4. The Morgan fingerprint density at radius 3 is 1.50 bits per heavy atom. The molecule has 0 aromatic carbocycles. The fourth-order valence-corrected chi connectivity index (χ4v) is 12.3. The van der Waals surface area contributed by atoms with Crippen LogP contribution in [0.4, 0.5) is 5.95 Å². The molecule has 3 heterocycles. The SMILES string of the molecule is C/C=C/C[C@@H](C)[C@@H](O)[C@H]1C(=O)N[C@@H](CC)C(=O)N(C)CC(=O)N(C)[C@@H](CC(C)C)C(=O)N[C@@H](C(C)C)C(=O)N(C)[C@@H](CC(C)C)C(=O)N[C@@H](C)C(=O)N[C@H](C)C(=O)N(C)[C@@H](CC(C)C)C(=O)N(C)[C@@H](CC(C)C)C(=O)N(C)[C@@H](C(C)C)C(=O)N1C.Nc1ncn([C@H]2C[C@H](O)[C@@H](CO)O2)c(=O)n1.[Zn]. The number of allylic oxidation sites excluding steroid dienone is 2. The smallest absolute Gasteiger partial charge is 0.354 e. The van der Waals surface area contributed by atoms with E-state index >= 15 is 9.59 Å². The van der Waals surface area contributed by atoms with Gasteiger partial charge in [0.1, 0.15) is 79.1 Å². The summed E-state index contributed by atoms with van der Waals surface area (Å²) in [4.78, 5) is 187. The number of anilines is 1. The number of carbonyl (C=O) groups is 11. The summed E-state index contributed by atoms with van der Waals surface area (Å²) < 4.78 is 6.41. The summed E-state index contributed by atoms with van der Waals surface area (Å²) in [5.74, 6) is -9.82. The van der Waals surface area contributed by atoms with Gasteiger partial charge in [0.25, 0.3) is 0 Å². The van der Waals surface area contributed by atoms with Crippen LogP contribution in [0.25, 0.3) is 0 Å². The van der Waals surface area contributed by atoms with E-state index < -0.39 is 180 Å². The number of hydrogen-bond acceptors (Lipinski definition) is 19. The van der Waals surface area contributed by atoms with Gasteiger partial charge in [0.15, 0.2) is 0 Å². The summed E-state index contributed by atoms with van der Waals surface area (Å²) in [5, 5.41) is 41.5. The Balaban J connectivity index is 0.00000265. The maximum atomic E-state index is 15.1. The van der Waals surface area contributed by atoms with E-state index in [2.05, 4.69) is 31.2 Å². The van der Waals surface area contributed by atoms with Gasteiger partial charge in [-0.1, -0.05) is 109 Å². The van der Waals surface area contributed by atoms with Crippen molar-refractivity contribution in [2.45, 2.75) is 248 Å². The van der Waals surface area contributed by atoms with Crippen LogP contribution in [-0.4, -0.2) is 270 Å². The minimum atomic E-state index is -1.61. The Morgan fingerprint density at radius 2 is 1.04 bits per heavy atom. The molecule has 0 saturated carbocycles. The van der Waals surface area contributed by atoms with Crippen molar-refractivity contribution >= 4 is 70.9 Å². The van der Waals surface area contributed by atoms with Gasteiger partial charge in [0, 0.05) is 75.2 Å². The Labute approximate surface area is 616 Å². The van der Waals surface area contributed by atoms with Crippen LogP contribution in [0.3, 0.4) is 0 Å². The maximum absolute atomic E-state index is 15.1. The molecule has 0 radical (unpaired) electrons. The zero-order chi connectivity index (χ0) is 77.7. The summed E-state index contributed by atoms with van der Waals surface area (Å²) in [6, 6.07) is -12.3. The monoisotopic (exact) mass is 1490 g/mol. The van der Waals surface area contributed by atoms with Gasteiger partial charge < -0.3 is 81.4 Å². The van der Waals surface area contributed by atoms with Crippen molar-refractivity contribution in [2.24, 2.45) is 41.4 Å². The van der Waals surface area contributed by atoms with Crippen molar-refractivity contribution in [1.82, 2.24) is 70.1 Å². The third kappa shape index (κ3) is 26.0. The van der Waals surface area contributed by atoms with E-state index in [0.717, 1.165) is 14.4 Å². The van der Waals surface area contributed by atoms with Gasteiger partial charge in [-0.2, -0.15) is 4.98 Å². The van der Waals surface area contributed by atoms with Crippen LogP contribution >= 0.6 is 0 Å². The number of likely N-dealkylation sites (N-methyl/N-ethyl adjacent to an activating group) is 7. The zero-order valence-corrected chi connectivity index (χ0v) is 68.1. The molecule has 15 atom stereocenters. The molecule has 2 aliphatic rings. The normalized spacial score (nSPS) is 27.0. The fraction of sp³-hybridized carbons (Fsp3) is 0.771. The molecule has 0 spiro atoms. The number of rotatable bonds is 17. The minimum absolute atomic E-state index is 0. The first kappa shape index (κ1) is 93.0. The number of carbonyl (C=O) groups excluding carboxylic acids is 11. The van der Waals surface area contributed by atoms with E-state index in [1.807, 2.05) is 61.5 Å². The van der Waals surface area contributed by atoms with Crippen LogP contribution in [0.1, 0.15) is 169 Å². The molecule has 0 aliphatic carbocycles. The number of aliphatic hydroxyl groups excluding tert-OH is 3. The van der Waals surface area contributed by atoms with E-state index in [0.29, 0.717) is 6.42 Å². The van der Waals surface area contributed by atoms with E-state index in [-0.39, 0.29) is 94.2 Å². The average Bonchev–Trinajstić information content (AvgIpc) is 0.867. The average molecular weight is 1500 g/mol. The van der Waals surface area contributed by atoms with Crippen molar-refractivity contribution < 1.29 is 92.3 Å². The summed E-state index contributed by atoms with van der Waals surface area (Å²) in [7, 11) is 9.92. The molecule has 576 valence electrons. The Hall–Kier alpha value is -7.02. The summed E-state index contributed by atoms with van der Waals surface area (Å²) >= 11 is 0. The summed E-state index contributed by atoms with van der Waals surface area (Å²) in [5.41, 5.74) is 4.65. The predicted octanol–water partition coefficient (Wildman–Crippen LogP) is 1.13. The molecule has 1 aromatic heterocycles. The molecule has 2 saturated heterocycles. The van der Waals surface area contributed by atoms with E-state index in [1.165, 1.54) is 94.0 Å². The first-order chi connectivity index (χ1) is 46.8. The molecule has 1 aromatic rings. The number of aliphatic hydroxyl groups is 3. The van der Waals surface area contributed by atoms with Crippen molar-refractivity contribution in [3.63, 3.8) is 0 Å². The molecule has 2 fully saturated rings. The first-order valence-corrected chi connectivity index (χ1v) is 35.3. The first-order valence-electron chi connectivity index (χ1n) is 35.3. The number of ether oxygens (including phenoxy) is 1. The van der Waals surface area contributed by atoms with Crippen molar-refractivity contribution in [2.75, 3.05) is 68.2 Å². The number of nitrogen functional groups attached to an aromatic ring is 1. The van der Waals surface area contributed by atoms with Crippen LogP contribution in [0.15, 0.2) is 23.3 Å². The third-order valence-corrected chi connectivity index (χ3v) is 18.5. The Morgan fingerprint density at radius 1 is 0.578 bits per heavy atom. The van der Waals surface area contributed by atoms with Gasteiger partial charge in [0.2, 0.25) is 70.9 Å². The molecule has 0 bridgehead atoms. The van der Waals surface area contributed by atoms with Crippen LogP contribution in [0, 0.1) is 41.4 Å². The largest absolute Gasteiger partial charge is 0.394 e. The van der Waals surface area contributed by atoms with Gasteiger partial charge in [-0.25, -0.2) is 9.78 Å². The van der Waals surface area contributed by atoms with E-state index in [1.54, 1.807) is 54.5 Å². The quantitative estimate of drug-likeness (QED) is 0.0800. The van der Waals surface area contributed by atoms with Gasteiger partial charge in [-0.15, -0.1) is 0 Å². The van der Waals surface area contributed by atoms with Gasteiger partial charge in [-0.3, -0.25) is 57.3 Å². The van der Waals surface area contributed by atoms with Gasteiger partial charge in [0.05, 0.1) is 25.4 Å². The molecule has 9 N–H and O–H groups in total. The number of aromatic nitrogens is 3.